The molecule has 1 unspecified atom stereocenters. The molecule has 0 bridgehead atoms. The molecule has 0 aromatic heterocycles. The summed E-state index contributed by atoms with van der Waals surface area (Å²) >= 11 is 6.00. The first-order valence-electron chi connectivity index (χ1n) is 6.54. The van der Waals surface area contributed by atoms with Crippen molar-refractivity contribution >= 4 is 23.1 Å². The Labute approximate surface area is 113 Å². The molecule has 4 heteroatoms. The Bertz CT molecular complexity index is 445. The van der Waals surface area contributed by atoms with E-state index in [9.17, 15) is 0 Å². The van der Waals surface area contributed by atoms with Gasteiger partial charge in [-0.25, -0.2) is 0 Å². The summed E-state index contributed by atoms with van der Waals surface area (Å²) < 4.78 is 0. The van der Waals surface area contributed by atoms with E-state index in [1.807, 2.05) is 12.1 Å². The molecule has 1 atom stereocenters. The molecule has 3 nitrogen and oxygen atoms in total. The second-order valence-electron chi connectivity index (χ2n) is 4.83. The molecule has 1 aliphatic rings. The molecule has 0 amide bonds. The third-order valence-corrected chi connectivity index (χ3v) is 3.89. The van der Waals surface area contributed by atoms with Crippen LogP contribution in [0.4, 0.5) is 5.69 Å². The van der Waals surface area contributed by atoms with Gasteiger partial charge < -0.3 is 10.6 Å². The summed E-state index contributed by atoms with van der Waals surface area (Å²) in [5.41, 5.74) is 7.48. The first-order valence-corrected chi connectivity index (χ1v) is 6.92. The number of hydrogen-bond donors (Lipinski definition) is 2. The van der Waals surface area contributed by atoms with Crippen molar-refractivity contribution in [2.45, 2.75) is 38.6 Å². The number of hydrogen-bond acceptors (Lipinski definition) is 2. The number of anilines is 1. The minimum Gasteiger partial charge on any atom is -0.384 e. The minimum atomic E-state index is 0.0907. The molecule has 0 spiro atoms. The standard InChI is InChI=1S/C14H20ClN3/c1-2-11-5-3-4-8-18(11)13-7-6-10(15)9-12(13)14(16)17/h6-7,9,11H,2-5,8H2,1H3,(H3,16,17). The van der Waals surface area contributed by atoms with E-state index in [0.29, 0.717) is 11.1 Å². The van der Waals surface area contributed by atoms with Crippen molar-refractivity contribution in [1.29, 1.82) is 5.41 Å². The molecule has 2 rings (SSSR count). The average molecular weight is 266 g/mol. The summed E-state index contributed by atoms with van der Waals surface area (Å²) in [6.45, 7) is 3.26. The monoisotopic (exact) mass is 265 g/mol. The SMILES string of the molecule is CCC1CCCCN1c1ccc(Cl)cc1C(=N)N. The summed E-state index contributed by atoms with van der Waals surface area (Å²) in [5.74, 6) is 0.0907. The number of nitrogens with two attached hydrogens (primary N) is 1. The van der Waals surface area contributed by atoms with Crippen LogP contribution in [0, 0.1) is 5.41 Å². The normalized spacial score (nSPS) is 19.9. The van der Waals surface area contributed by atoms with Crippen molar-refractivity contribution in [2.75, 3.05) is 11.4 Å². The Kier molecular flexibility index (Phi) is 4.12. The number of nitrogens with one attached hydrogen (secondary N) is 1. The zero-order chi connectivity index (χ0) is 13.1. The summed E-state index contributed by atoms with van der Waals surface area (Å²) in [6, 6.07) is 6.22. The predicted molar refractivity (Wildman–Crippen MR) is 77.7 cm³/mol. The minimum absolute atomic E-state index is 0.0907. The maximum Gasteiger partial charge on any atom is 0.124 e. The number of piperidine rings is 1. The van der Waals surface area contributed by atoms with E-state index in [2.05, 4.69) is 11.8 Å². The molecule has 3 N–H and O–H groups in total. The summed E-state index contributed by atoms with van der Waals surface area (Å²) in [7, 11) is 0. The smallest absolute Gasteiger partial charge is 0.124 e. The van der Waals surface area contributed by atoms with Gasteiger partial charge in [0.1, 0.15) is 5.84 Å². The molecule has 1 heterocycles. The Morgan fingerprint density at radius 1 is 1.50 bits per heavy atom. The van der Waals surface area contributed by atoms with Crippen LogP contribution in [-0.4, -0.2) is 18.4 Å². The van der Waals surface area contributed by atoms with Crippen molar-refractivity contribution in [1.82, 2.24) is 0 Å². The second kappa shape index (κ2) is 5.61. The molecule has 0 saturated carbocycles. The lowest BCUT2D eigenvalue weighted by Crippen LogP contribution is -2.40. The number of nitrogen functional groups attached to an aromatic ring is 1. The highest BCUT2D eigenvalue weighted by atomic mass is 35.5. The number of benzene rings is 1. The zero-order valence-electron chi connectivity index (χ0n) is 10.7. The lowest BCUT2D eigenvalue weighted by Gasteiger charge is -2.38. The Morgan fingerprint density at radius 2 is 2.28 bits per heavy atom. The molecular formula is C14H20ClN3. The molecular weight excluding hydrogens is 246 g/mol. The Morgan fingerprint density at radius 3 is 2.94 bits per heavy atom. The third kappa shape index (κ3) is 2.61. The van der Waals surface area contributed by atoms with Crippen LogP contribution in [0.1, 0.15) is 38.2 Å². The summed E-state index contributed by atoms with van der Waals surface area (Å²) in [5, 5.41) is 8.34. The van der Waals surface area contributed by atoms with Gasteiger partial charge in [-0.15, -0.1) is 0 Å². The van der Waals surface area contributed by atoms with Crippen molar-refractivity contribution < 1.29 is 0 Å². The Hall–Kier alpha value is -1.22. The van der Waals surface area contributed by atoms with Gasteiger partial charge >= 0.3 is 0 Å². The van der Waals surface area contributed by atoms with E-state index in [1.54, 1.807) is 6.07 Å². The number of rotatable bonds is 3. The molecule has 98 valence electrons. The van der Waals surface area contributed by atoms with Gasteiger partial charge in [0.25, 0.3) is 0 Å². The fourth-order valence-corrected chi connectivity index (χ4v) is 2.89. The summed E-state index contributed by atoms with van der Waals surface area (Å²) in [4.78, 5) is 2.39. The van der Waals surface area contributed by atoms with Crippen LogP contribution < -0.4 is 10.6 Å². The van der Waals surface area contributed by atoms with Gasteiger partial charge in [-0.05, 0) is 43.9 Å². The van der Waals surface area contributed by atoms with Crippen LogP contribution >= 0.6 is 11.6 Å². The van der Waals surface area contributed by atoms with Gasteiger partial charge in [0.15, 0.2) is 0 Å². The van der Waals surface area contributed by atoms with E-state index < -0.39 is 0 Å². The highest BCUT2D eigenvalue weighted by Crippen LogP contribution is 2.30. The number of amidine groups is 1. The van der Waals surface area contributed by atoms with Gasteiger partial charge in [0.2, 0.25) is 0 Å². The van der Waals surface area contributed by atoms with Crippen LogP contribution in [0.2, 0.25) is 5.02 Å². The van der Waals surface area contributed by atoms with Crippen LogP contribution in [0.15, 0.2) is 18.2 Å². The molecule has 1 aromatic rings. The fourth-order valence-electron chi connectivity index (χ4n) is 2.72. The topological polar surface area (TPSA) is 53.1 Å². The molecule has 0 aliphatic carbocycles. The quantitative estimate of drug-likeness (QED) is 0.650. The molecule has 1 fully saturated rings. The lowest BCUT2D eigenvalue weighted by atomic mass is 9.98. The number of halogens is 1. The van der Waals surface area contributed by atoms with E-state index in [-0.39, 0.29) is 5.84 Å². The van der Waals surface area contributed by atoms with E-state index in [4.69, 9.17) is 22.7 Å². The first-order chi connectivity index (χ1) is 8.63. The van der Waals surface area contributed by atoms with Gasteiger partial charge in [0.05, 0.1) is 0 Å². The van der Waals surface area contributed by atoms with Crippen molar-refractivity contribution in [3.05, 3.63) is 28.8 Å². The molecule has 1 aromatic carbocycles. The lowest BCUT2D eigenvalue weighted by molar-refractivity contribution is 0.450. The van der Waals surface area contributed by atoms with Crippen molar-refractivity contribution in [2.24, 2.45) is 5.73 Å². The highest BCUT2D eigenvalue weighted by molar-refractivity contribution is 6.31. The van der Waals surface area contributed by atoms with Crippen LogP contribution in [-0.2, 0) is 0 Å². The van der Waals surface area contributed by atoms with Gasteiger partial charge in [-0.3, -0.25) is 5.41 Å². The molecule has 0 radical (unpaired) electrons. The van der Waals surface area contributed by atoms with Crippen LogP contribution in [0.3, 0.4) is 0 Å². The van der Waals surface area contributed by atoms with Crippen LogP contribution in [0.5, 0.6) is 0 Å². The highest BCUT2D eigenvalue weighted by Gasteiger charge is 2.23. The zero-order valence-corrected chi connectivity index (χ0v) is 11.5. The molecule has 1 saturated heterocycles. The van der Waals surface area contributed by atoms with E-state index in [1.165, 1.54) is 19.3 Å². The fraction of sp³-hybridized carbons (Fsp3) is 0.500. The number of nitrogens with zero attached hydrogens (tertiary/aromatic N) is 1. The van der Waals surface area contributed by atoms with Crippen molar-refractivity contribution in [3.8, 4) is 0 Å². The van der Waals surface area contributed by atoms with Gasteiger partial charge in [-0.1, -0.05) is 18.5 Å². The second-order valence-corrected chi connectivity index (χ2v) is 5.26. The third-order valence-electron chi connectivity index (χ3n) is 3.66. The summed E-state index contributed by atoms with van der Waals surface area (Å²) in [6.07, 6.45) is 4.84. The van der Waals surface area contributed by atoms with Crippen molar-refractivity contribution in [3.63, 3.8) is 0 Å². The van der Waals surface area contributed by atoms with E-state index >= 15 is 0 Å². The maximum absolute atomic E-state index is 7.71. The van der Waals surface area contributed by atoms with Gasteiger partial charge in [-0.2, -0.15) is 0 Å². The maximum atomic E-state index is 7.71. The van der Waals surface area contributed by atoms with Crippen LogP contribution in [0.25, 0.3) is 0 Å². The molecule has 18 heavy (non-hydrogen) atoms. The predicted octanol–water partition coefficient (Wildman–Crippen LogP) is 3.39. The van der Waals surface area contributed by atoms with E-state index in [0.717, 1.165) is 24.2 Å². The largest absolute Gasteiger partial charge is 0.384 e. The average Bonchev–Trinajstić information content (AvgIpc) is 2.38. The Balaban J connectivity index is 2.39. The first kappa shape index (κ1) is 13.2. The van der Waals surface area contributed by atoms with Gasteiger partial charge in [0, 0.05) is 28.9 Å². The molecule has 1 aliphatic heterocycles.